The van der Waals surface area contributed by atoms with Crippen molar-refractivity contribution in [3.8, 4) is 0 Å². The number of thiophene rings is 1. The van der Waals surface area contributed by atoms with Crippen molar-refractivity contribution in [2.45, 2.75) is 26.7 Å². The highest BCUT2D eigenvalue weighted by molar-refractivity contribution is 7.09. The van der Waals surface area contributed by atoms with Crippen LogP contribution < -0.4 is 0 Å². The highest BCUT2D eigenvalue weighted by Gasteiger charge is 2.10. The van der Waals surface area contributed by atoms with Crippen LogP contribution in [0.4, 0.5) is 0 Å². The highest BCUT2D eigenvalue weighted by Crippen LogP contribution is 2.15. The van der Waals surface area contributed by atoms with E-state index in [0.29, 0.717) is 6.42 Å². The van der Waals surface area contributed by atoms with Gasteiger partial charge in [0.15, 0.2) is 5.78 Å². The van der Waals surface area contributed by atoms with E-state index < -0.39 is 0 Å². The number of ketones is 1. The standard InChI is InChI=1S/C14H15NOS/c1-10-5-7-13(11(2)15-10)14(16)8-6-12-4-3-9-17-12/h3-5,7,9H,6,8H2,1-2H3. The zero-order valence-corrected chi connectivity index (χ0v) is 10.9. The molecule has 0 bridgehead atoms. The van der Waals surface area contributed by atoms with Crippen LogP contribution in [-0.4, -0.2) is 10.8 Å². The zero-order valence-electron chi connectivity index (χ0n) is 10.1. The van der Waals surface area contributed by atoms with Crippen LogP contribution in [0.3, 0.4) is 0 Å². The number of carbonyl (C=O) groups is 1. The van der Waals surface area contributed by atoms with Gasteiger partial charge in [-0.05, 0) is 43.8 Å². The molecule has 0 N–H and O–H groups in total. The van der Waals surface area contributed by atoms with E-state index in [2.05, 4.69) is 11.1 Å². The van der Waals surface area contributed by atoms with Crippen molar-refractivity contribution < 1.29 is 4.79 Å². The van der Waals surface area contributed by atoms with Crippen LogP contribution in [0.15, 0.2) is 29.6 Å². The first-order valence-electron chi connectivity index (χ1n) is 5.66. The molecule has 2 aromatic rings. The van der Waals surface area contributed by atoms with Crippen molar-refractivity contribution in [2.24, 2.45) is 0 Å². The molecule has 88 valence electrons. The molecule has 2 heterocycles. The predicted octanol–water partition coefficient (Wildman–Crippen LogP) is 3.58. The summed E-state index contributed by atoms with van der Waals surface area (Å²) in [5.41, 5.74) is 2.55. The quantitative estimate of drug-likeness (QED) is 0.771. The molecule has 0 aromatic carbocycles. The maximum Gasteiger partial charge on any atom is 0.165 e. The minimum Gasteiger partial charge on any atom is -0.294 e. The molecule has 2 aromatic heterocycles. The highest BCUT2D eigenvalue weighted by atomic mass is 32.1. The topological polar surface area (TPSA) is 30.0 Å². The normalized spacial score (nSPS) is 10.5. The van der Waals surface area contributed by atoms with Crippen molar-refractivity contribution in [3.05, 3.63) is 51.5 Å². The van der Waals surface area contributed by atoms with Crippen molar-refractivity contribution in [2.75, 3.05) is 0 Å². The van der Waals surface area contributed by atoms with E-state index >= 15 is 0 Å². The van der Waals surface area contributed by atoms with Crippen LogP contribution in [0.25, 0.3) is 0 Å². The number of hydrogen-bond donors (Lipinski definition) is 0. The third-order valence-corrected chi connectivity index (χ3v) is 3.64. The Bertz CT molecular complexity index is 517. The van der Waals surface area contributed by atoms with Gasteiger partial charge in [-0.3, -0.25) is 9.78 Å². The Labute approximate surface area is 105 Å². The Balaban J connectivity index is 2.04. The summed E-state index contributed by atoms with van der Waals surface area (Å²) in [5.74, 6) is 0.184. The van der Waals surface area contributed by atoms with Gasteiger partial charge in [0.05, 0.1) is 0 Å². The number of hydrogen-bond acceptors (Lipinski definition) is 3. The van der Waals surface area contributed by atoms with Crippen LogP contribution >= 0.6 is 11.3 Å². The monoisotopic (exact) mass is 245 g/mol. The van der Waals surface area contributed by atoms with E-state index in [0.717, 1.165) is 23.4 Å². The van der Waals surface area contributed by atoms with Crippen LogP contribution in [0.1, 0.15) is 33.0 Å². The molecule has 0 aliphatic rings. The van der Waals surface area contributed by atoms with Gasteiger partial charge in [0.1, 0.15) is 0 Å². The Hall–Kier alpha value is -1.48. The SMILES string of the molecule is Cc1ccc(C(=O)CCc2cccs2)c(C)n1. The third kappa shape index (κ3) is 3.01. The maximum absolute atomic E-state index is 12.0. The van der Waals surface area contributed by atoms with Crippen molar-refractivity contribution in [1.29, 1.82) is 0 Å². The molecule has 3 heteroatoms. The van der Waals surface area contributed by atoms with Gasteiger partial charge < -0.3 is 0 Å². The van der Waals surface area contributed by atoms with E-state index in [1.165, 1.54) is 4.88 Å². The maximum atomic E-state index is 12.0. The fourth-order valence-corrected chi connectivity index (χ4v) is 2.52. The molecule has 0 unspecified atom stereocenters. The molecule has 0 radical (unpaired) electrons. The summed E-state index contributed by atoms with van der Waals surface area (Å²) in [7, 11) is 0. The smallest absolute Gasteiger partial charge is 0.165 e. The number of Topliss-reactive ketones (excluding diaryl/α,β-unsaturated/α-hetero) is 1. The summed E-state index contributed by atoms with van der Waals surface area (Å²) in [6.45, 7) is 3.83. The minimum absolute atomic E-state index is 0.184. The second-order valence-corrected chi connectivity index (χ2v) is 5.12. The summed E-state index contributed by atoms with van der Waals surface area (Å²) in [5, 5.41) is 2.04. The molecule has 0 spiro atoms. The van der Waals surface area contributed by atoms with E-state index in [-0.39, 0.29) is 5.78 Å². The first kappa shape index (κ1) is 12.0. The summed E-state index contributed by atoms with van der Waals surface area (Å²) >= 11 is 1.70. The van der Waals surface area contributed by atoms with Gasteiger partial charge in [-0.2, -0.15) is 0 Å². The Morgan fingerprint density at radius 2 is 2.12 bits per heavy atom. The van der Waals surface area contributed by atoms with Gasteiger partial charge >= 0.3 is 0 Å². The molecule has 17 heavy (non-hydrogen) atoms. The first-order chi connectivity index (χ1) is 8.16. The molecule has 2 rings (SSSR count). The van der Waals surface area contributed by atoms with Crippen molar-refractivity contribution in [1.82, 2.24) is 4.98 Å². The lowest BCUT2D eigenvalue weighted by Crippen LogP contribution is -2.05. The number of aromatic nitrogens is 1. The third-order valence-electron chi connectivity index (χ3n) is 2.70. The first-order valence-corrected chi connectivity index (χ1v) is 6.54. The van der Waals surface area contributed by atoms with Gasteiger partial charge in [0.25, 0.3) is 0 Å². The number of aryl methyl sites for hydroxylation is 3. The average molecular weight is 245 g/mol. The molecule has 0 saturated heterocycles. The van der Waals surface area contributed by atoms with E-state index in [1.807, 2.05) is 37.4 Å². The fourth-order valence-electron chi connectivity index (χ4n) is 1.81. The number of carbonyl (C=O) groups excluding carboxylic acids is 1. The molecule has 0 atom stereocenters. The largest absolute Gasteiger partial charge is 0.294 e. The van der Waals surface area contributed by atoms with Gasteiger partial charge in [-0.1, -0.05) is 6.07 Å². The molecule has 0 aliphatic heterocycles. The second-order valence-electron chi connectivity index (χ2n) is 4.09. The lowest BCUT2D eigenvalue weighted by atomic mass is 10.0. The lowest BCUT2D eigenvalue weighted by Gasteiger charge is -2.04. The van der Waals surface area contributed by atoms with Gasteiger partial charge in [-0.15, -0.1) is 11.3 Å². The van der Waals surface area contributed by atoms with Crippen LogP contribution in [0.5, 0.6) is 0 Å². The number of nitrogens with zero attached hydrogens (tertiary/aromatic N) is 1. The van der Waals surface area contributed by atoms with Gasteiger partial charge in [0, 0.05) is 28.2 Å². The van der Waals surface area contributed by atoms with Crippen LogP contribution in [-0.2, 0) is 6.42 Å². The summed E-state index contributed by atoms with van der Waals surface area (Å²) in [4.78, 5) is 17.6. The minimum atomic E-state index is 0.184. The Morgan fingerprint density at radius 3 is 2.76 bits per heavy atom. The summed E-state index contributed by atoms with van der Waals surface area (Å²) < 4.78 is 0. The Kier molecular flexibility index (Phi) is 3.69. The molecular weight excluding hydrogens is 230 g/mol. The molecular formula is C14H15NOS. The molecule has 0 saturated carbocycles. The van der Waals surface area contributed by atoms with Crippen LogP contribution in [0, 0.1) is 13.8 Å². The van der Waals surface area contributed by atoms with E-state index in [1.54, 1.807) is 11.3 Å². The number of pyridine rings is 1. The van der Waals surface area contributed by atoms with Gasteiger partial charge in [0.2, 0.25) is 0 Å². The summed E-state index contributed by atoms with van der Waals surface area (Å²) in [6.07, 6.45) is 1.38. The molecule has 0 aliphatic carbocycles. The summed E-state index contributed by atoms with van der Waals surface area (Å²) in [6, 6.07) is 7.86. The fraction of sp³-hybridized carbons (Fsp3) is 0.286. The molecule has 0 amide bonds. The van der Waals surface area contributed by atoms with E-state index in [4.69, 9.17) is 0 Å². The van der Waals surface area contributed by atoms with Crippen molar-refractivity contribution >= 4 is 17.1 Å². The predicted molar refractivity (Wildman–Crippen MR) is 70.7 cm³/mol. The van der Waals surface area contributed by atoms with Gasteiger partial charge in [-0.25, -0.2) is 0 Å². The van der Waals surface area contributed by atoms with Crippen molar-refractivity contribution in [3.63, 3.8) is 0 Å². The number of rotatable bonds is 4. The van der Waals surface area contributed by atoms with Crippen LogP contribution in [0.2, 0.25) is 0 Å². The molecule has 0 fully saturated rings. The Morgan fingerprint density at radius 1 is 1.29 bits per heavy atom. The second kappa shape index (κ2) is 5.23. The average Bonchev–Trinajstić information content (AvgIpc) is 2.78. The van der Waals surface area contributed by atoms with E-state index in [9.17, 15) is 4.79 Å². The zero-order chi connectivity index (χ0) is 12.3. The lowest BCUT2D eigenvalue weighted by molar-refractivity contribution is 0.0982. The molecule has 2 nitrogen and oxygen atoms in total.